The molecule has 0 bridgehead atoms. The number of nitrogens with zero attached hydrogens (tertiary/aromatic N) is 1. The minimum absolute atomic E-state index is 0.144. The molecule has 3 aromatic carbocycles. The van der Waals surface area contributed by atoms with E-state index >= 15 is 0 Å². The summed E-state index contributed by atoms with van der Waals surface area (Å²) in [6.45, 7) is 11.3. The number of para-hydroxylation sites is 2. The fraction of sp³-hybridized carbons (Fsp3) is 0.194. The molecule has 0 unspecified atom stereocenters. The molecule has 0 saturated heterocycles. The molecule has 0 aliphatic heterocycles. The predicted octanol–water partition coefficient (Wildman–Crippen LogP) is 9.44. The van der Waals surface area contributed by atoms with E-state index < -0.39 is 0 Å². The van der Waals surface area contributed by atoms with Gasteiger partial charge in [0.05, 0.1) is 5.69 Å². The SMILES string of the molecule is Cc1cc(C(C)(C)C)cc(C)c1-c1cc2cnc(-c3cccc4c3oc3ccccc34)cc2s1. The van der Waals surface area contributed by atoms with E-state index in [-0.39, 0.29) is 5.41 Å². The van der Waals surface area contributed by atoms with Gasteiger partial charge >= 0.3 is 0 Å². The summed E-state index contributed by atoms with van der Waals surface area (Å²) in [4.78, 5) is 6.14. The molecule has 2 nitrogen and oxygen atoms in total. The number of thiophene rings is 1. The molecular formula is C31H27NOS. The molecule has 0 spiro atoms. The monoisotopic (exact) mass is 461 g/mol. The zero-order valence-electron chi connectivity index (χ0n) is 20.2. The summed E-state index contributed by atoms with van der Waals surface area (Å²) < 4.78 is 7.50. The number of hydrogen-bond acceptors (Lipinski definition) is 3. The highest BCUT2D eigenvalue weighted by molar-refractivity contribution is 7.22. The van der Waals surface area contributed by atoms with Crippen molar-refractivity contribution < 1.29 is 4.42 Å². The lowest BCUT2D eigenvalue weighted by Crippen LogP contribution is -2.11. The molecule has 0 fully saturated rings. The molecule has 34 heavy (non-hydrogen) atoms. The highest BCUT2D eigenvalue weighted by Gasteiger charge is 2.19. The van der Waals surface area contributed by atoms with Crippen molar-refractivity contribution in [2.75, 3.05) is 0 Å². The number of furan rings is 1. The second-order valence-electron chi connectivity index (χ2n) is 10.2. The van der Waals surface area contributed by atoms with Crippen LogP contribution in [0.15, 0.2) is 77.3 Å². The van der Waals surface area contributed by atoms with E-state index in [9.17, 15) is 0 Å². The van der Waals surface area contributed by atoms with E-state index in [4.69, 9.17) is 9.40 Å². The highest BCUT2D eigenvalue weighted by Crippen LogP contribution is 2.41. The number of hydrogen-bond donors (Lipinski definition) is 0. The Morgan fingerprint density at radius 1 is 0.824 bits per heavy atom. The van der Waals surface area contributed by atoms with Crippen LogP contribution in [0.3, 0.4) is 0 Å². The Bertz CT molecular complexity index is 1690. The first kappa shape index (κ1) is 21.1. The summed E-state index contributed by atoms with van der Waals surface area (Å²) in [7, 11) is 0. The maximum absolute atomic E-state index is 6.26. The number of rotatable bonds is 2. The van der Waals surface area contributed by atoms with Crippen molar-refractivity contribution in [3.63, 3.8) is 0 Å². The third-order valence-electron chi connectivity index (χ3n) is 6.73. The maximum atomic E-state index is 6.26. The van der Waals surface area contributed by atoms with Crippen molar-refractivity contribution in [2.45, 2.75) is 40.0 Å². The lowest BCUT2D eigenvalue weighted by Gasteiger charge is -2.22. The third kappa shape index (κ3) is 3.35. The van der Waals surface area contributed by atoms with Crippen LogP contribution < -0.4 is 0 Å². The van der Waals surface area contributed by atoms with Gasteiger partial charge in [-0.3, -0.25) is 4.98 Å². The number of aromatic nitrogens is 1. The average molecular weight is 462 g/mol. The smallest absolute Gasteiger partial charge is 0.144 e. The van der Waals surface area contributed by atoms with Crippen molar-refractivity contribution in [1.29, 1.82) is 0 Å². The zero-order valence-corrected chi connectivity index (χ0v) is 21.0. The van der Waals surface area contributed by atoms with Crippen LogP contribution in [-0.2, 0) is 5.41 Å². The van der Waals surface area contributed by atoms with E-state index in [1.165, 1.54) is 37.2 Å². The van der Waals surface area contributed by atoms with Crippen LogP contribution in [0.5, 0.6) is 0 Å². The Labute approximate surface area is 203 Å². The van der Waals surface area contributed by atoms with E-state index in [0.717, 1.165) is 33.2 Å². The van der Waals surface area contributed by atoms with Crippen molar-refractivity contribution in [2.24, 2.45) is 0 Å². The minimum atomic E-state index is 0.144. The Balaban J connectivity index is 1.48. The van der Waals surface area contributed by atoms with E-state index in [2.05, 4.69) is 89.2 Å². The molecule has 0 atom stereocenters. The molecule has 0 aliphatic rings. The van der Waals surface area contributed by atoms with Gasteiger partial charge in [0.1, 0.15) is 11.2 Å². The maximum Gasteiger partial charge on any atom is 0.144 e. The van der Waals surface area contributed by atoms with E-state index in [1.807, 2.05) is 29.7 Å². The van der Waals surface area contributed by atoms with Gasteiger partial charge in [-0.05, 0) is 65.8 Å². The Kier molecular flexibility index (Phi) is 4.69. The normalized spacial score (nSPS) is 12.3. The zero-order chi connectivity index (χ0) is 23.6. The van der Waals surface area contributed by atoms with Crippen LogP contribution in [0.25, 0.3) is 53.7 Å². The van der Waals surface area contributed by atoms with Gasteiger partial charge in [0, 0.05) is 37.5 Å². The summed E-state index contributed by atoms with van der Waals surface area (Å²) in [5, 5.41) is 3.45. The van der Waals surface area contributed by atoms with Crippen molar-refractivity contribution >= 4 is 43.4 Å². The fourth-order valence-electron chi connectivity index (χ4n) is 4.94. The Morgan fingerprint density at radius 3 is 2.32 bits per heavy atom. The first-order valence-electron chi connectivity index (χ1n) is 11.7. The number of benzene rings is 3. The summed E-state index contributed by atoms with van der Waals surface area (Å²) in [5.74, 6) is 0. The van der Waals surface area contributed by atoms with Gasteiger partial charge in [-0.15, -0.1) is 11.3 Å². The molecule has 0 radical (unpaired) electrons. The molecule has 0 amide bonds. The van der Waals surface area contributed by atoms with Gasteiger partial charge in [0.15, 0.2) is 0 Å². The van der Waals surface area contributed by atoms with Crippen LogP contribution in [0.1, 0.15) is 37.5 Å². The Hall–Kier alpha value is -3.43. The van der Waals surface area contributed by atoms with E-state index in [0.29, 0.717) is 0 Å². The number of pyridine rings is 1. The molecule has 168 valence electrons. The van der Waals surface area contributed by atoms with Gasteiger partial charge in [-0.25, -0.2) is 0 Å². The topological polar surface area (TPSA) is 26.0 Å². The highest BCUT2D eigenvalue weighted by atomic mass is 32.1. The van der Waals surface area contributed by atoms with Crippen molar-refractivity contribution in [3.05, 3.63) is 89.6 Å². The lowest BCUT2D eigenvalue weighted by atomic mass is 9.83. The van der Waals surface area contributed by atoms with Gasteiger partial charge in [-0.2, -0.15) is 0 Å². The molecule has 6 rings (SSSR count). The quantitative estimate of drug-likeness (QED) is 0.257. The molecule has 3 heterocycles. The second-order valence-corrected chi connectivity index (χ2v) is 11.3. The molecule has 6 aromatic rings. The Morgan fingerprint density at radius 2 is 1.56 bits per heavy atom. The second kappa shape index (κ2) is 7.54. The van der Waals surface area contributed by atoms with Gasteiger partial charge in [0.25, 0.3) is 0 Å². The standard InChI is InChI=1S/C31H27NOS/c1-18-13-21(31(3,4)5)14-19(2)29(18)28-15-20-17-32-25(16-27(20)34-28)24-11-8-10-23-22-9-6-7-12-26(22)33-30(23)24/h6-17H,1-5H3. The van der Waals surface area contributed by atoms with Gasteiger partial charge < -0.3 is 4.42 Å². The minimum Gasteiger partial charge on any atom is -0.455 e. The average Bonchev–Trinajstić information content (AvgIpc) is 3.38. The van der Waals surface area contributed by atoms with Crippen LogP contribution in [0, 0.1) is 13.8 Å². The first-order chi connectivity index (χ1) is 16.3. The summed E-state index contributed by atoms with van der Waals surface area (Å²) in [6, 6.07) is 23.7. The number of aryl methyl sites for hydroxylation is 2. The van der Waals surface area contributed by atoms with Gasteiger partial charge in [-0.1, -0.05) is 63.2 Å². The first-order valence-corrected chi connectivity index (χ1v) is 12.5. The fourth-order valence-corrected chi connectivity index (χ4v) is 6.18. The summed E-state index contributed by atoms with van der Waals surface area (Å²) in [6.07, 6.45) is 2.00. The number of fused-ring (bicyclic) bond motifs is 4. The van der Waals surface area contributed by atoms with Crippen molar-refractivity contribution in [3.8, 4) is 21.7 Å². The lowest BCUT2D eigenvalue weighted by molar-refractivity contribution is 0.589. The van der Waals surface area contributed by atoms with Crippen LogP contribution >= 0.6 is 11.3 Å². The predicted molar refractivity (Wildman–Crippen MR) is 146 cm³/mol. The van der Waals surface area contributed by atoms with Crippen LogP contribution in [-0.4, -0.2) is 4.98 Å². The molecule has 0 saturated carbocycles. The van der Waals surface area contributed by atoms with Crippen molar-refractivity contribution in [1.82, 2.24) is 4.98 Å². The molecule has 0 aliphatic carbocycles. The van der Waals surface area contributed by atoms with Gasteiger partial charge in [0.2, 0.25) is 0 Å². The molecule has 0 N–H and O–H groups in total. The van der Waals surface area contributed by atoms with Crippen LogP contribution in [0.2, 0.25) is 0 Å². The summed E-state index contributed by atoms with van der Waals surface area (Å²) in [5.41, 5.74) is 9.32. The van der Waals surface area contributed by atoms with Crippen LogP contribution in [0.4, 0.5) is 0 Å². The molecule has 3 aromatic heterocycles. The largest absolute Gasteiger partial charge is 0.455 e. The molecule has 3 heteroatoms. The third-order valence-corrected chi connectivity index (χ3v) is 7.84. The van der Waals surface area contributed by atoms with E-state index in [1.54, 1.807) is 0 Å². The molecular weight excluding hydrogens is 434 g/mol. The summed E-state index contributed by atoms with van der Waals surface area (Å²) >= 11 is 1.84.